The summed E-state index contributed by atoms with van der Waals surface area (Å²) < 4.78 is 5.54. The number of ether oxygens (including phenoxy) is 1. The lowest BCUT2D eigenvalue weighted by Crippen LogP contribution is -2.25. The summed E-state index contributed by atoms with van der Waals surface area (Å²) in [6, 6.07) is 9.60. The van der Waals surface area contributed by atoms with Crippen molar-refractivity contribution in [3.05, 3.63) is 40.9 Å². The number of hydrogen-bond acceptors (Lipinski definition) is 5. The van der Waals surface area contributed by atoms with Crippen LogP contribution in [0.15, 0.2) is 30.3 Å². The highest BCUT2D eigenvalue weighted by Crippen LogP contribution is 2.19. The predicted octanol–water partition coefficient (Wildman–Crippen LogP) is 2.23. The standard InChI is InChI=1S/C14H17N3O2S/c1-10-12(20-14(15)17-10)13(18)16-8-5-9-19-11-6-3-2-4-7-11/h2-4,6-7H,5,8-9H2,1H3,(H2,15,17)(H,16,18). The second-order valence-corrected chi connectivity index (χ2v) is 5.27. The van der Waals surface area contributed by atoms with Gasteiger partial charge in [0.2, 0.25) is 0 Å². The molecule has 0 radical (unpaired) electrons. The SMILES string of the molecule is Cc1nc(N)sc1C(=O)NCCCOc1ccccc1. The Balaban J connectivity index is 1.68. The van der Waals surface area contributed by atoms with Gasteiger partial charge >= 0.3 is 0 Å². The Labute approximate surface area is 121 Å². The third kappa shape index (κ3) is 3.96. The lowest BCUT2D eigenvalue weighted by atomic mass is 10.3. The number of thiazole rings is 1. The van der Waals surface area contributed by atoms with E-state index < -0.39 is 0 Å². The quantitative estimate of drug-likeness (QED) is 0.800. The molecule has 5 nitrogen and oxygen atoms in total. The van der Waals surface area contributed by atoms with Crippen LogP contribution >= 0.6 is 11.3 Å². The summed E-state index contributed by atoms with van der Waals surface area (Å²) >= 11 is 1.21. The number of nitrogens with two attached hydrogens (primary N) is 1. The van der Waals surface area contributed by atoms with Gasteiger partial charge in [-0.05, 0) is 25.5 Å². The first-order chi connectivity index (χ1) is 9.66. The largest absolute Gasteiger partial charge is 0.494 e. The minimum Gasteiger partial charge on any atom is -0.494 e. The fourth-order valence-electron chi connectivity index (χ4n) is 1.69. The number of carbonyl (C=O) groups excluding carboxylic acids is 1. The van der Waals surface area contributed by atoms with Gasteiger partial charge < -0.3 is 15.8 Å². The van der Waals surface area contributed by atoms with Crippen LogP contribution in [0.5, 0.6) is 5.75 Å². The monoisotopic (exact) mass is 291 g/mol. The Bertz CT molecular complexity index is 569. The Morgan fingerprint density at radius 2 is 2.15 bits per heavy atom. The van der Waals surface area contributed by atoms with Gasteiger partial charge in [-0.3, -0.25) is 4.79 Å². The van der Waals surface area contributed by atoms with Crippen molar-refractivity contribution in [3.8, 4) is 5.75 Å². The molecule has 3 N–H and O–H groups in total. The van der Waals surface area contributed by atoms with Gasteiger partial charge in [-0.25, -0.2) is 4.98 Å². The van der Waals surface area contributed by atoms with E-state index in [9.17, 15) is 4.79 Å². The number of para-hydroxylation sites is 1. The fourth-order valence-corrected chi connectivity index (χ4v) is 2.44. The number of benzene rings is 1. The number of rotatable bonds is 6. The molecule has 0 aliphatic carbocycles. The molecule has 6 heteroatoms. The Morgan fingerprint density at radius 3 is 2.80 bits per heavy atom. The zero-order valence-electron chi connectivity index (χ0n) is 11.3. The maximum absolute atomic E-state index is 11.9. The van der Waals surface area contributed by atoms with Crippen LogP contribution in [0.25, 0.3) is 0 Å². The Kier molecular flexibility index (Phi) is 4.95. The van der Waals surface area contributed by atoms with Crippen LogP contribution in [-0.2, 0) is 0 Å². The first-order valence-corrected chi connectivity index (χ1v) is 7.17. The molecule has 2 aromatic rings. The molecule has 0 spiro atoms. The van der Waals surface area contributed by atoms with Crippen LogP contribution < -0.4 is 15.8 Å². The average molecular weight is 291 g/mol. The highest BCUT2D eigenvalue weighted by atomic mass is 32.1. The van der Waals surface area contributed by atoms with E-state index in [1.54, 1.807) is 6.92 Å². The van der Waals surface area contributed by atoms with E-state index in [-0.39, 0.29) is 5.91 Å². The second kappa shape index (κ2) is 6.91. The summed E-state index contributed by atoms with van der Waals surface area (Å²) in [5, 5.41) is 3.25. The highest BCUT2D eigenvalue weighted by molar-refractivity contribution is 7.17. The first-order valence-electron chi connectivity index (χ1n) is 6.36. The maximum atomic E-state index is 11.9. The van der Waals surface area contributed by atoms with Crippen LogP contribution in [0.1, 0.15) is 21.8 Å². The smallest absolute Gasteiger partial charge is 0.263 e. The van der Waals surface area contributed by atoms with Gasteiger partial charge in [0.15, 0.2) is 5.13 Å². The van der Waals surface area contributed by atoms with Crippen molar-refractivity contribution in [1.82, 2.24) is 10.3 Å². The molecule has 2 rings (SSSR count). The number of hydrogen-bond donors (Lipinski definition) is 2. The number of aryl methyl sites for hydroxylation is 1. The molecule has 1 aromatic heterocycles. The molecule has 0 unspecified atom stereocenters. The number of anilines is 1. The van der Waals surface area contributed by atoms with E-state index in [2.05, 4.69) is 10.3 Å². The summed E-state index contributed by atoms with van der Waals surface area (Å²) in [4.78, 5) is 16.5. The molecule has 1 heterocycles. The van der Waals surface area contributed by atoms with Crippen molar-refractivity contribution in [2.45, 2.75) is 13.3 Å². The second-order valence-electron chi connectivity index (χ2n) is 4.24. The molecular formula is C14H17N3O2S. The van der Waals surface area contributed by atoms with Gasteiger partial charge in [-0.1, -0.05) is 29.5 Å². The van der Waals surface area contributed by atoms with E-state index in [4.69, 9.17) is 10.5 Å². The summed E-state index contributed by atoms with van der Waals surface area (Å²) in [7, 11) is 0. The van der Waals surface area contributed by atoms with Gasteiger partial charge in [-0.15, -0.1) is 0 Å². The van der Waals surface area contributed by atoms with E-state index in [0.717, 1.165) is 12.2 Å². The topological polar surface area (TPSA) is 77.2 Å². The molecule has 0 atom stereocenters. The van der Waals surface area contributed by atoms with E-state index in [0.29, 0.717) is 28.9 Å². The third-order valence-corrected chi connectivity index (χ3v) is 3.62. The van der Waals surface area contributed by atoms with Crippen molar-refractivity contribution in [3.63, 3.8) is 0 Å². The number of nitrogen functional groups attached to an aromatic ring is 1. The van der Waals surface area contributed by atoms with E-state index in [1.165, 1.54) is 11.3 Å². The zero-order chi connectivity index (χ0) is 14.4. The number of nitrogens with one attached hydrogen (secondary N) is 1. The third-order valence-electron chi connectivity index (χ3n) is 2.64. The summed E-state index contributed by atoms with van der Waals surface area (Å²) in [6.45, 7) is 2.90. The van der Waals surface area contributed by atoms with E-state index in [1.807, 2.05) is 30.3 Å². The van der Waals surface area contributed by atoms with Gasteiger partial charge in [-0.2, -0.15) is 0 Å². The average Bonchev–Trinajstić information content (AvgIpc) is 2.78. The van der Waals surface area contributed by atoms with Gasteiger partial charge in [0.25, 0.3) is 5.91 Å². The van der Waals surface area contributed by atoms with Crippen LogP contribution in [0.2, 0.25) is 0 Å². The zero-order valence-corrected chi connectivity index (χ0v) is 12.1. The van der Waals surface area contributed by atoms with Gasteiger partial charge in [0, 0.05) is 6.54 Å². The first kappa shape index (κ1) is 14.3. The van der Waals surface area contributed by atoms with Gasteiger partial charge in [0.05, 0.1) is 12.3 Å². The molecule has 1 aromatic carbocycles. The minimum absolute atomic E-state index is 0.128. The summed E-state index contributed by atoms with van der Waals surface area (Å²) in [5.41, 5.74) is 6.24. The molecule has 106 valence electrons. The summed E-state index contributed by atoms with van der Waals surface area (Å²) in [6.07, 6.45) is 0.744. The number of nitrogens with zero attached hydrogens (tertiary/aromatic N) is 1. The number of amides is 1. The van der Waals surface area contributed by atoms with Crippen LogP contribution in [0, 0.1) is 6.92 Å². The van der Waals surface area contributed by atoms with Crippen molar-refractivity contribution >= 4 is 22.4 Å². The molecule has 0 bridgehead atoms. The molecule has 0 aliphatic heterocycles. The number of carbonyl (C=O) groups is 1. The molecule has 1 amide bonds. The van der Waals surface area contributed by atoms with Crippen molar-refractivity contribution in [2.24, 2.45) is 0 Å². The Morgan fingerprint density at radius 1 is 1.40 bits per heavy atom. The maximum Gasteiger partial charge on any atom is 0.263 e. The van der Waals surface area contributed by atoms with Crippen molar-refractivity contribution in [2.75, 3.05) is 18.9 Å². The highest BCUT2D eigenvalue weighted by Gasteiger charge is 2.13. The minimum atomic E-state index is -0.128. The molecule has 20 heavy (non-hydrogen) atoms. The molecule has 0 saturated heterocycles. The van der Waals surface area contributed by atoms with Gasteiger partial charge in [0.1, 0.15) is 10.6 Å². The lowest BCUT2D eigenvalue weighted by molar-refractivity contribution is 0.0955. The van der Waals surface area contributed by atoms with Crippen molar-refractivity contribution in [1.29, 1.82) is 0 Å². The molecule has 0 aliphatic rings. The fraction of sp³-hybridized carbons (Fsp3) is 0.286. The van der Waals surface area contributed by atoms with E-state index >= 15 is 0 Å². The predicted molar refractivity (Wildman–Crippen MR) is 80.2 cm³/mol. The van der Waals surface area contributed by atoms with Crippen molar-refractivity contribution < 1.29 is 9.53 Å². The lowest BCUT2D eigenvalue weighted by Gasteiger charge is -2.06. The molecule has 0 saturated carbocycles. The van der Waals surface area contributed by atoms with Crippen LogP contribution in [0.4, 0.5) is 5.13 Å². The van der Waals surface area contributed by atoms with Crippen LogP contribution in [-0.4, -0.2) is 24.0 Å². The Hall–Kier alpha value is -2.08. The molecular weight excluding hydrogens is 274 g/mol. The number of aromatic nitrogens is 1. The summed E-state index contributed by atoms with van der Waals surface area (Å²) in [5.74, 6) is 0.710. The normalized spacial score (nSPS) is 10.2. The molecule has 0 fully saturated rings. The van der Waals surface area contributed by atoms with Crippen LogP contribution in [0.3, 0.4) is 0 Å².